The lowest BCUT2D eigenvalue weighted by molar-refractivity contribution is 0.196. The predicted molar refractivity (Wildman–Crippen MR) is 109 cm³/mol. The number of hydrogen-bond donors (Lipinski definition) is 3. The second-order valence-corrected chi connectivity index (χ2v) is 9.36. The average Bonchev–Trinajstić information content (AvgIpc) is 2.49. The zero-order valence-corrected chi connectivity index (χ0v) is 17.8. The Labute approximate surface area is 159 Å². The van der Waals surface area contributed by atoms with Gasteiger partial charge >= 0.3 is 0 Å². The highest BCUT2D eigenvalue weighted by Gasteiger charge is 2.29. The highest BCUT2D eigenvalue weighted by Crippen LogP contribution is 2.42. The number of phenols is 1. The Kier molecular flexibility index (Phi) is 8.12. The van der Waals surface area contributed by atoms with E-state index in [9.17, 15) is 15.3 Å². The molecule has 0 amide bonds. The van der Waals surface area contributed by atoms with Crippen LogP contribution in [0.1, 0.15) is 76.6 Å². The van der Waals surface area contributed by atoms with Crippen molar-refractivity contribution in [3.63, 3.8) is 0 Å². The van der Waals surface area contributed by atoms with Crippen molar-refractivity contribution in [3.8, 4) is 5.75 Å². The fourth-order valence-electron chi connectivity index (χ4n) is 3.58. The van der Waals surface area contributed by atoms with Crippen molar-refractivity contribution in [1.82, 2.24) is 4.90 Å². The van der Waals surface area contributed by atoms with Gasteiger partial charge in [-0.25, -0.2) is 0 Å². The fourth-order valence-corrected chi connectivity index (χ4v) is 3.58. The van der Waals surface area contributed by atoms with E-state index in [-0.39, 0.29) is 24.0 Å². The van der Waals surface area contributed by atoms with Crippen LogP contribution in [-0.2, 0) is 17.4 Å². The number of rotatable bonds is 8. The van der Waals surface area contributed by atoms with Crippen LogP contribution in [0.2, 0.25) is 0 Å². The standard InChI is InChI=1S/C22H39NO3/c1-16-17(15-23(10-8-12-24)11-9-13-25)14-18(21(2,3)4)20(26)19(16)22(5,6)7/h14,24-26H,8-13,15H2,1-7H3. The molecule has 0 unspecified atom stereocenters. The lowest BCUT2D eigenvalue weighted by atomic mass is 9.76. The molecule has 0 saturated carbocycles. The predicted octanol–water partition coefficient (Wildman–Crippen LogP) is 3.86. The molecule has 4 heteroatoms. The van der Waals surface area contributed by atoms with Crippen molar-refractivity contribution in [2.24, 2.45) is 0 Å². The number of benzene rings is 1. The molecule has 1 aromatic carbocycles. The molecule has 0 bridgehead atoms. The molecule has 0 spiro atoms. The lowest BCUT2D eigenvalue weighted by Crippen LogP contribution is -2.28. The number of aliphatic hydroxyl groups excluding tert-OH is 2. The first kappa shape index (κ1) is 22.9. The first-order valence-corrected chi connectivity index (χ1v) is 9.74. The molecule has 150 valence electrons. The molecule has 0 aliphatic rings. The largest absolute Gasteiger partial charge is 0.507 e. The zero-order valence-electron chi connectivity index (χ0n) is 17.8. The molecule has 1 rings (SSSR count). The molecule has 0 saturated heterocycles. The van der Waals surface area contributed by atoms with Gasteiger partial charge in [0.1, 0.15) is 5.75 Å². The van der Waals surface area contributed by atoms with E-state index in [4.69, 9.17) is 0 Å². The van der Waals surface area contributed by atoms with Gasteiger partial charge in [0.15, 0.2) is 0 Å². The Hall–Kier alpha value is -1.10. The highest BCUT2D eigenvalue weighted by atomic mass is 16.3. The van der Waals surface area contributed by atoms with E-state index in [1.165, 1.54) is 5.56 Å². The van der Waals surface area contributed by atoms with Crippen LogP contribution in [0.5, 0.6) is 5.75 Å². The molecular weight excluding hydrogens is 326 g/mol. The minimum atomic E-state index is -0.148. The van der Waals surface area contributed by atoms with E-state index < -0.39 is 0 Å². The molecule has 0 radical (unpaired) electrons. The topological polar surface area (TPSA) is 63.9 Å². The summed E-state index contributed by atoms with van der Waals surface area (Å²) < 4.78 is 0. The van der Waals surface area contributed by atoms with Crippen molar-refractivity contribution >= 4 is 0 Å². The van der Waals surface area contributed by atoms with Crippen LogP contribution >= 0.6 is 0 Å². The number of hydrogen-bond acceptors (Lipinski definition) is 4. The van der Waals surface area contributed by atoms with Gasteiger partial charge in [-0.3, -0.25) is 4.90 Å². The normalized spacial score (nSPS) is 12.8. The van der Waals surface area contributed by atoms with E-state index in [0.29, 0.717) is 5.75 Å². The lowest BCUT2D eigenvalue weighted by Gasteiger charge is -2.32. The monoisotopic (exact) mass is 365 g/mol. The van der Waals surface area contributed by atoms with Crippen molar-refractivity contribution < 1.29 is 15.3 Å². The third-order valence-corrected chi connectivity index (χ3v) is 4.88. The van der Waals surface area contributed by atoms with E-state index in [1.54, 1.807) is 0 Å². The van der Waals surface area contributed by atoms with Crippen LogP contribution in [-0.4, -0.2) is 46.5 Å². The van der Waals surface area contributed by atoms with E-state index in [0.717, 1.165) is 49.2 Å². The summed E-state index contributed by atoms with van der Waals surface area (Å²) in [5.74, 6) is 0.420. The van der Waals surface area contributed by atoms with E-state index >= 15 is 0 Å². The maximum Gasteiger partial charge on any atom is 0.123 e. The van der Waals surface area contributed by atoms with E-state index in [1.807, 2.05) is 0 Å². The zero-order chi connectivity index (χ0) is 20.1. The number of aromatic hydroxyl groups is 1. The first-order valence-electron chi connectivity index (χ1n) is 9.74. The molecule has 0 aliphatic carbocycles. The molecule has 0 atom stereocenters. The fraction of sp³-hybridized carbons (Fsp3) is 0.727. The van der Waals surface area contributed by atoms with Crippen LogP contribution in [0.15, 0.2) is 6.07 Å². The molecule has 0 aromatic heterocycles. The van der Waals surface area contributed by atoms with Gasteiger partial charge < -0.3 is 15.3 Å². The molecule has 0 fully saturated rings. The van der Waals surface area contributed by atoms with Gasteiger partial charge in [0, 0.05) is 38.4 Å². The smallest absolute Gasteiger partial charge is 0.123 e. The second-order valence-electron chi connectivity index (χ2n) is 9.36. The summed E-state index contributed by atoms with van der Waals surface area (Å²) in [5, 5.41) is 29.4. The maximum atomic E-state index is 11.0. The molecule has 4 nitrogen and oxygen atoms in total. The van der Waals surface area contributed by atoms with Crippen LogP contribution in [0.25, 0.3) is 0 Å². The Balaban J connectivity index is 3.40. The van der Waals surface area contributed by atoms with Gasteiger partial charge in [-0.05, 0) is 47.3 Å². The molecule has 1 aromatic rings. The molecule has 3 N–H and O–H groups in total. The summed E-state index contributed by atoms with van der Waals surface area (Å²) >= 11 is 0. The van der Waals surface area contributed by atoms with Crippen molar-refractivity contribution in [2.45, 2.75) is 78.7 Å². The van der Waals surface area contributed by atoms with Crippen LogP contribution in [0.3, 0.4) is 0 Å². The van der Waals surface area contributed by atoms with Gasteiger partial charge in [-0.1, -0.05) is 47.6 Å². The quantitative estimate of drug-likeness (QED) is 0.654. The highest BCUT2D eigenvalue weighted by molar-refractivity contribution is 5.54. The number of aliphatic hydroxyl groups is 2. The molecule has 0 aliphatic heterocycles. The Bertz CT molecular complexity index is 575. The molecule has 0 heterocycles. The molecule has 26 heavy (non-hydrogen) atoms. The number of nitrogens with zero attached hydrogens (tertiary/aromatic N) is 1. The van der Waals surface area contributed by atoms with Gasteiger partial charge in [0.25, 0.3) is 0 Å². The van der Waals surface area contributed by atoms with E-state index in [2.05, 4.69) is 59.4 Å². The van der Waals surface area contributed by atoms with Crippen molar-refractivity contribution in [3.05, 3.63) is 28.3 Å². The summed E-state index contributed by atoms with van der Waals surface area (Å²) in [5.41, 5.74) is 4.06. The third-order valence-electron chi connectivity index (χ3n) is 4.88. The minimum Gasteiger partial charge on any atom is -0.507 e. The van der Waals surface area contributed by atoms with Gasteiger partial charge in [0.2, 0.25) is 0 Å². The Morgan fingerprint density at radius 2 is 1.38 bits per heavy atom. The Morgan fingerprint density at radius 3 is 1.77 bits per heavy atom. The maximum absolute atomic E-state index is 11.0. The minimum absolute atomic E-state index is 0.145. The van der Waals surface area contributed by atoms with Crippen molar-refractivity contribution in [1.29, 1.82) is 0 Å². The second kappa shape index (κ2) is 9.20. The van der Waals surface area contributed by atoms with Crippen molar-refractivity contribution in [2.75, 3.05) is 26.3 Å². The van der Waals surface area contributed by atoms with Gasteiger partial charge in [0.05, 0.1) is 0 Å². The summed E-state index contributed by atoms with van der Waals surface area (Å²) in [6, 6.07) is 2.14. The van der Waals surface area contributed by atoms with Crippen LogP contribution < -0.4 is 0 Å². The summed E-state index contributed by atoms with van der Waals surface area (Å²) in [6.45, 7) is 17.6. The number of phenolic OH excluding ortho intramolecular Hbond substituents is 1. The van der Waals surface area contributed by atoms with Crippen LogP contribution in [0, 0.1) is 6.92 Å². The summed E-state index contributed by atoms with van der Waals surface area (Å²) in [7, 11) is 0. The summed E-state index contributed by atoms with van der Waals surface area (Å²) in [6.07, 6.45) is 1.45. The summed E-state index contributed by atoms with van der Waals surface area (Å²) in [4.78, 5) is 2.28. The SMILES string of the molecule is Cc1c(CN(CCCO)CCCO)cc(C(C)(C)C)c(O)c1C(C)(C)C. The first-order chi connectivity index (χ1) is 11.9. The third kappa shape index (κ3) is 5.97. The average molecular weight is 366 g/mol. The van der Waals surface area contributed by atoms with Crippen LogP contribution in [0.4, 0.5) is 0 Å². The van der Waals surface area contributed by atoms with Gasteiger partial charge in [-0.15, -0.1) is 0 Å². The molecular formula is C22H39NO3. The Morgan fingerprint density at radius 1 is 0.885 bits per heavy atom. The van der Waals surface area contributed by atoms with Gasteiger partial charge in [-0.2, -0.15) is 0 Å².